The molecule has 0 amide bonds. The van der Waals surface area contributed by atoms with Gasteiger partial charge >= 0.3 is 24.7 Å². The molecule has 4 aromatic rings. The Kier molecular flexibility index (Phi) is 16.7. The number of hydrogen-bond acceptors (Lipinski definition) is 13. The monoisotopic (exact) mass is 994 g/mol. The van der Waals surface area contributed by atoms with Crippen molar-refractivity contribution in [1.29, 1.82) is 0 Å². The molecule has 2 fully saturated rings. The van der Waals surface area contributed by atoms with E-state index in [1.807, 2.05) is 9.80 Å². The first-order chi connectivity index (χ1) is 32.0. The van der Waals surface area contributed by atoms with Gasteiger partial charge in [0.25, 0.3) is 0 Å². The summed E-state index contributed by atoms with van der Waals surface area (Å²) in [6.45, 7) is 3.47. The number of nitrogens with zero attached hydrogens (tertiary/aromatic N) is 2. The maximum absolute atomic E-state index is 13.6. The molecular formula is C46H44F6N2O12S2. The number of likely N-dealkylation sites (tertiary alicyclic amines) is 2. The third kappa shape index (κ3) is 12.7. The van der Waals surface area contributed by atoms with Crippen LogP contribution in [0.2, 0.25) is 0 Å². The van der Waals surface area contributed by atoms with Crippen LogP contribution in [0.1, 0.15) is 32.6 Å². The number of carbonyl (C=O) groups is 2. The highest BCUT2D eigenvalue weighted by molar-refractivity contribution is 7.94. The smallest absolute Gasteiger partial charge is 0.480 e. The molecule has 0 atom stereocenters. The van der Waals surface area contributed by atoms with E-state index in [1.54, 1.807) is 6.92 Å². The van der Waals surface area contributed by atoms with Gasteiger partial charge in [0, 0.05) is 26.2 Å². The zero-order valence-electron chi connectivity index (χ0n) is 36.1. The maximum atomic E-state index is 13.6. The summed E-state index contributed by atoms with van der Waals surface area (Å²) in [6.07, 6.45) is 0.893. The molecule has 68 heavy (non-hydrogen) atoms. The molecule has 1 N–H and O–H groups in total. The topological polar surface area (TPSA) is 175 Å². The van der Waals surface area contributed by atoms with Crippen molar-refractivity contribution >= 4 is 31.6 Å². The van der Waals surface area contributed by atoms with Gasteiger partial charge in [0.1, 0.15) is 34.5 Å². The normalized spacial score (nSPS) is 16.4. The van der Waals surface area contributed by atoms with Gasteiger partial charge in [0.15, 0.2) is 29.2 Å². The van der Waals surface area contributed by atoms with Crippen molar-refractivity contribution in [1.82, 2.24) is 9.80 Å². The zero-order valence-corrected chi connectivity index (χ0v) is 37.7. The van der Waals surface area contributed by atoms with Crippen LogP contribution in [0.25, 0.3) is 0 Å². The van der Waals surface area contributed by atoms with Crippen molar-refractivity contribution in [2.75, 3.05) is 45.9 Å². The molecule has 2 aliphatic heterocycles. The number of aliphatic carboxylic acids is 1. The number of halogens is 6. The molecule has 0 unspecified atom stereocenters. The second kappa shape index (κ2) is 21.7. The van der Waals surface area contributed by atoms with E-state index >= 15 is 0 Å². The second-order valence-corrected chi connectivity index (χ2v) is 19.7. The number of rotatable bonds is 15. The van der Waals surface area contributed by atoms with Crippen LogP contribution >= 0.6 is 0 Å². The largest absolute Gasteiger partial charge is 0.573 e. The Hall–Kier alpha value is -6.46. The molecule has 22 heteroatoms. The number of terminal acetylenes is 2. The molecule has 0 aliphatic carbocycles. The Bertz CT molecular complexity index is 2670. The lowest BCUT2D eigenvalue weighted by atomic mass is 9.95. The van der Waals surface area contributed by atoms with Gasteiger partial charge in [-0.25, -0.2) is 16.8 Å². The maximum Gasteiger partial charge on any atom is 0.573 e. The number of carboxylic acids is 1. The Balaban J connectivity index is 0.000000255. The van der Waals surface area contributed by atoms with Crippen molar-refractivity contribution in [3.8, 4) is 59.2 Å². The molecule has 14 nitrogen and oxygen atoms in total. The van der Waals surface area contributed by atoms with E-state index in [4.69, 9.17) is 27.1 Å². The average Bonchev–Trinajstić information content (AvgIpc) is 3.28. The predicted octanol–water partition coefficient (Wildman–Crippen LogP) is 7.89. The number of benzene rings is 4. The first kappa shape index (κ1) is 52.5. The minimum absolute atomic E-state index is 0.0421. The first-order valence-corrected chi connectivity index (χ1v) is 23.4. The van der Waals surface area contributed by atoms with E-state index in [2.05, 4.69) is 21.3 Å². The summed E-state index contributed by atoms with van der Waals surface area (Å²) < 4.78 is 147. The standard InChI is InChI=1S/C24H24F3NO6S.C22H20F3NO6S/c1-3-15-28-16-13-23(14-17-28,22(29)32-4-2)35(30,31)21-11-9-19(10-12-21)33-18-5-7-20(8-6-18)34-24(25,26)27;1-2-13-26-14-11-21(12-15-26,20(27)28)33(29,30)19-9-7-17(8-10-19)31-16-3-5-18(6-4-16)32-22(23,24)25/h1,5-12H,4,13-17H2,2H3;1,3-10H,11-15H2,(H,27,28). The van der Waals surface area contributed by atoms with Crippen LogP contribution in [0, 0.1) is 24.7 Å². The van der Waals surface area contributed by atoms with Crippen molar-refractivity contribution < 1.29 is 81.6 Å². The molecule has 0 radical (unpaired) electrons. The predicted molar refractivity (Wildman–Crippen MR) is 232 cm³/mol. The van der Waals surface area contributed by atoms with E-state index in [-0.39, 0.29) is 78.2 Å². The first-order valence-electron chi connectivity index (χ1n) is 20.5. The number of carboxylic acid groups (broad SMARTS) is 1. The zero-order chi connectivity index (χ0) is 50.0. The van der Waals surface area contributed by atoms with Gasteiger partial charge in [0.05, 0.1) is 29.5 Å². The van der Waals surface area contributed by atoms with Crippen molar-refractivity contribution in [3.63, 3.8) is 0 Å². The van der Waals surface area contributed by atoms with Crippen LogP contribution in [-0.4, -0.2) is 112 Å². The Morgan fingerprint density at radius 2 is 0.868 bits per heavy atom. The molecular weight excluding hydrogens is 951 g/mol. The van der Waals surface area contributed by atoms with E-state index in [0.717, 1.165) is 24.3 Å². The summed E-state index contributed by atoms with van der Waals surface area (Å²) in [7, 11) is -8.36. The van der Waals surface area contributed by atoms with Crippen LogP contribution in [0.4, 0.5) is 26.3 Å². The van der Waals surface area contributed by atoms with Crippen molar-refractivity contribution in [2.24, 2.45) is 0 Å². The Labute approximate surface area is 388 Å². The lowest BCUT2D eigenvalue weighted by molar-refractivity contribution is -0.275. The molecule has 0 saturated carbocycles. The molecule has 0 bridgehead atoms. The van der Waals surface area contributed by atoms with Crippen LogP contribution in [0.15, 0.2) is 107 Å². The fourth-order valence-corrected chi connectivity index (χ4v) is 11.2. The quantitative estimate of drug-likeness (QED) is 0.0692. The molecule has 364 valence electrons. The minimum atomic E-state index is -4.81. The molecule has 4 aromatic carbocycles. The third-order valence-corrected chi connectivity index (χ3v) is 15.9. The Morgan fingerprint density at radius 3 is 1.16 bits per heavy atom. The molecule has 6 rings (SSSR count). The molecule has 2 saturated heterocycles. The number of alkyl halides is 6. The highest BCUT2D eigenvalue weighted by Gasteiger charge is 2.55. The van der Waals surface area contributed by atoms with E-state index in [1.165, 1.54) is 72.8 Å². The summed E-state index contributed by atoms with van der Waals surface area (Å²) in [4.78, 5) is 28.4. The van der Waals surface area contributed by atoms with Crippen LogP contribution in [0.5, 0.6) is 34.5 Å². The number of piperidine rings is 2. The van der Waals surface area contributed by atoms with Crippen LogP contribution in [-0.2, 0) is 34.0 Å². The summed E-state index contributed by atoms with van der Waals surface area (Å²) in [6, 6.07) is 20.0. The lowest BCUT2D eigenvalue weighted by Gasteiger charge is -2.38. The summed E-state index contributed by atoms with van der Waals surface area (Å²) in [5.74, 6) is 2.85. The van der Waals surface area contributed by atoms with Gasteiger partial charge in [-0.3, -0.25) is 19.4 Å². The van der Waals surface area contributed by atoms with Gasteiger partial charge in [0.2, 0.25) is 0 Å². The minimum Gasteiger partial charge on any atom is -0.480 e. The third-order valence-electron chi connectivity index (χ3n) is 10.9. The fraction of sp³-hybridized carbons (Fsp3) is 0.348. The van der Waals surface area contributed by atoms with Gasteiger partial charge < -0.3 is 28.8 Å². The van der Waals surface area contributed by atoms with E-state index in [9.17, 15) is 57.9 Å². The summed E-state index contributed by atoms with van der Waals surface area (Å²) in [5, 5.41) is 9.80. The molecule has 2 heterocycles. The van der Waals surface area contributed by atoms with E-state index in [0.29, 0.717) is 26.2 Å². The molecule has 2 aliphatic rings. The Morgan fingerprint density at radius 1 is 0.574 bits per heavy atom. The fourth-order valence-electron chi connectivity index (χ4n) is 7.36. The molecule has 0 aromatic heterocycles. The number of hydrogen-bond donors (Lipinski definition) is 1. The molecule has 0 spiro atoms. The number of sulfone groups is 2. The second-order valence-electron chi connectivity index (χ2n) is 15.2. The van der Waals surface area contributed by atoms with Crippen molar-refractivity contribution in [2.45, 2.75) is 64.6 Å². The summed E-state index contributed by atoms with van der Waals surface area (Å²) >= 11 is 0. The highest BCUT2D eigenvalue weighted by atomic mass is 32.2. The number of esters is 1. The van der Waals surface area contributed by atoms with Crippen LogP contribution in [0.3, 0.4) is 0 Å². The highest BCUT2D eigenvalue weighted by Crippen LogP contribution is 2.39. The SMILES string of the molecule is C#CCN1CCC(C(=O)O)(S(=O)(=O)c2ccc(Oc3ccc(OC(F)(F)F)cc3)cc2)CC1.C#CCN1CCC(C(=O)OCC)(S(=O)(=O)c2ccc(Oc3ccc(OC(F)(F)F)cc3)cc2)CC1. The van der Waals surface area contributed by atoms with Crippen LogP contribution < -0.4 is 18.9 Å². The van der Waals surface area contributed by atoms with Gasteiger partial charge in [-0.1, -0.05) is 11.8 Å². The van der Waals surface area contributed by atoms with Gasteiger partial charge in [-0.05, 0) is 130 Å². The number of ether oxygens (including phenoxy) is 5. The summed E-state index contributed by atoms with van der Waals surface area (Å²) in [5.41, 5.74) is 0. The number of carbonyl (C=O) groups excluding carboxylic acids is 1. The lowest BCUT2D eigenvalue weighted by Crippen LogP contribution is -2.55. The van der Waals surface area contributed by atoms with E-state index < -0.39 is 65.3 Å². The van der Waals surface area contributed by atoms with Gasteiger partial charge in [-0.2, -0.15) is 0 Å². The average molecular weight is 995 g/mol. The van der Waals surface area contributed by atoms with Gasteiger partial charge in [-0.15, -0.1) is 39.2 Å². The van der Waals surface area contributed by atoms with Crippen molar-refractivity contribution in [3.05, 3.63) is 97.1 Å².